The third-order valence-electron chi connectivity index (χ3n) is 6.39. The Hall–Kier alpha value is -3.59. The van der Waals surface area contributed by atoms with Crippen molar-refractivity contribution in [2.75, 3.05) is 0 Å². The third kappa shape index (κ3) is 2.70. The minimum Gasteiger partial charge on any atom is -0.294 e. The van der Waals surface area contributed by atoms with Crippen LogP contribution in [0.15, 0.2) is 67.0 Å². The number of hydrogen-bond acceptors (Lipinski definition) is 3. The number of fused-ring (bicyclic) bond motifs is 6. The van der Waals surface area contributed by atoms with Gasteiger partial charge < -0.3 is 0 Å². The van der Waals surface area contributed by atoms with E-state index in [0.29, 0.717) is 5.56 Å². The predicted molar refractivity (Wildman–Crippen MR) is 119 cm³/mol. The highest BCUT2D eigenvalue weighted by Gasteiger charge is 2.23. The zero-order valence-corrected chi connectivity index (χ0v) is 16.5. The van der Waals surface area contributed by atoms with Gasteiger partial charge in [0.1, 0.15) is 0 Å². The second-order valence-corrected chi connectivity index (χ2v) is 8.10. The lowest BCUT2D eigenvalue weighted by Gasteiger charge is -2.21. The monoisotopic (exact) mass is 388 g/mol. The van der Waals surface area contributed by atoms with Crippen molar-refractivity contribution in [2.45, 2.75) is 19.3 Å². The minimum atomic E-state index is -0.108. The summed E-state index contributed by atoms with van der Waals surface area (Å²) in [7, 11) is 0. The van der Waals surface area contributed by atoms with Crippen LogP contribution in [0.2, 0.25) is 0 Å². The molecule has 0 radical (unpaired) electrons. The van der Waals surface area contributed by atoms with E-state index in [2.05, 4.69) is 58.5 Å². The molecule has 6 rings (SSSR count). The van der Waals surface area contributed by atoms with E-state index in [9.17, 15) is 4.79 Å². The van der Waals surface area contributed by atoms with Gasteiger partial charge in [0.15, 0.2) is 5.78 Å². The van der Waals surface area contributed by atoms with Crippen LogP contribution in [-0.4, -0.2) is 15.8 Å². The van der Waals surface area contributed by atoms with Gasteiger partial charge in [0.05, 0.1) is 11.0 Å². The summed E-state index contributed by atoms with van der Waals surface area (Å²) in [6.45, 7) is 0. The zero-order valence-electron chi connectivity index (χ0n) is 16.5. The summed E-state index contributed by atoms with van der Waals surface area (Å²) in [4.78, 5) is 22.0. The molecule has 2 aliphatic carbocycles. The fraction of sp³-hybridized carbons (Fsp3) is 0.148. The Morgan fingerprint density at radius 3 is 2.63 bits per heavy atom. The van der Waals surface area contributed by atoms with Gasteiger partial charge in [-0.2, -0.15) is 0 Å². The molecule has 0 N–H and O–H groups in total. The second kappa shape index (κ2) is 6.74. The van der Waals surface area contributed by atoms with Crippen molar-refractivity contribution >= 4 is 29.0 Å². The minimum absolute atomic E-state index is 0.108. The van der Waals surface area contributed by atoms with Crippen LogP contribution in [0.5, 0.6) is 0 Å². The zero-order chi connectivity index (χ0) is 20.1. The first kappa shape index (κ1) is 17.3. The number of Topliss-reactive ketones (excluding diaryl/α,β-unsaturated/α-hetero) is 1. The smallest absolute Gasteiger partial charge is 0.169 e. The number of hydrogen-bond donors (Lipinski definition) is 0. The van der Waals surface area contributed by atoms with Gasteiger partial charge in [-0.05, 0) is 70.2 Å². The van der Waals surface area contributed by atoms with Crippen molar-refractivity contribution in [3.05, 3.63) is 94.1 Å². The van der Waals surface area contributed by atoms with Gasteiger partial charge in [0, 0.05) is 23.9 Å². The van der Waals surface area contributed by atoms with Crippen molar-refractivity contribution in [1.29, 1.82) is 0 Å². The van der Waals surface area contributed by atoms with E-state index in [1.807, 2.05) is 18.2 Å². The standard InChI is InChI=1S/C27H20N2O/c30-27(20-9-12-25-26(16-20)29-14-13-28-25)19-6-5-18-8-10-22-21-4-2-1-3-17(21)7-11-23(22)24(18)15-19/h1-4,8-16,19H,5-7H2. The number of rotatable bonds is 2. The van der Waals surface area contributed by atoms with Crippen molar-refractivity contribution in [3.8, 4) is 11.1 Å². The number of ketones is 1. The van der Waals surface area contributed by atoms with Gasteiger partial charge in [0.25, 0.3) is 0 Å². The number of nitrogens with zero attached hydrogens (tertiary/aromatic N) is 2. The Bertz CT molecular complexity index is 1450. The van der Waals surface area contributed by atoms with E-state index < -0.39 is 0 Å². The van der Waals surface area contributed by atoms with E-state index in [1.165, 1.54) is 32.7 Å². The molecule has 0 aliphatic heterocycles. The van der Waals surface area contributed by atoms with Crippen LogP contribution in [0.3, 0.4) is 0 Å². The number of aromatic nitrogens is 2. The molecule has 1 atom stereocenters. The maximum atomic E-state index is 13.3. The largest absolute Gasteiger partial charge is 0.294 e. The highest BCUT2D eigenvalue weighted by Crippen LogP contribution is 2.26. The van der Waals surface area contributed by atoms with E-state index in [4.69, 9.17) is 0 Å². The first-order valence-corrected chi connectivity index (χ1v) is 10.5. The van der Waals surface area contributed by atoms with Crippen molar-refractivity contribution in [1.82, 2.24) is 9.97 Å². The fourth-order valence-electron chi connectivity index (χ4n) is 4.86. The lowest BCUT2D eigenvalue weighted by atomic mass is 9.82. The molecule has 0 saturated heterocycles. The summed E-state index contributed by atoms with van der Waals surface area (Å²) in [5.41, 5.74) is 7.60. The van der Waals surface area contributed by atoms with Crippen LogP contribution < -0.4 is 10.4 Å². The van der Waals surface area contributed by atoms with Crippen LogP contribution in [0.25, 0.3) is 34.3 Å². The molecule has 1 heterocycles. The van der Waals surface area contributed by atoms with E-state index in [1.54, 1.807) is 12.4 Å². The summed E-state index contributed by atoms with van der Waals surface area (Å²) in [6.07, 6.45) is 10.6. The van der Waals surface area contributed by atoms with Crippen LogP contribution in [0.4, 0.5) is 0 Å². The number of aryl methyl sites for hydroxylation is 1. The molecule has 1 unspecified atom stereocenters. The first-order chi connectivity index (χ1) is 14.8. The lowest BCUT2D eigenvalue weighted by Crippen LogP contribution is -2.37. The molecule has 0 bridgehead atoms. The lowest BCUT2D eigenvalue weighted by molar-refractivity contribution is 0.0947. The fourth-order valence-corrected chi connectivity index (χ4v) is 4.86. The Balaban J connectivity index is 1.45. The van der Waals surface area contributed by atoms with Crippen LogP contribution in [0, 0.1) is 5.92 Å². The third-order valence-corrected chi connectivity index (χ3v) is 6.39. The van der Waals surface area contributed by atoms with E-state index in [-0.39, 0.29) is 11.7 Å². The van der Waals surface area contributed by atoms with Crippen LogP contribution in [0.1, 0.15) is 27.9 Å². The second-order valence-electron chi connectivity index (χ2n) is 8.10. The van der Waals surface area contributed by atoms with Crippen LogP contribution >= 0.6 is 0 Å². The molecule has 0 fully saturated rings. The summed E-state index contributed by atoms with van der Waals surface area (Å²) >= 11 is 0. The highest BCUT2D eigenvalue weighted by atomic mass is 16.1. The molecule has 3 nitrogen and oxygen atoms in total. The maximum absolute atomic E-state index is 13.3. The van der Waals surface area contributed by atoms with Crippen molar-refractivity contribution < 1.29 is 4.79 Å². The summed E-state index contributed by atoms with van der Waals surface area (Å²) < 4.78 is 0. The molecule has 3 aromatic carbocycles. The van der Waals surface area contributed by atoms with Crippen molar-refractivity contribution in [2.24, 2.45) is 5.92 Å². The molecule has 30 heavy (non-hydrogen) atoms. The van der Waals surface area contributed by atoms with Gasteiger partial charge in [-0.1, -0.05) is 48.6 Å². The Morgan fingerprint density at radius 1 is 0.833 bits per heavy atom. The molecule has 0 saturated carbocycles. The molecule has 0 spiro atoms. The van der Waals surface area contributed by atoms with Gasteiger partial charge >= 0.3 is 0 Å². The predicted octanol–water partition coefficient (Wildman–Crippen LogP) is 3.86. The van der Waals surface area contributed by atoms with Gasteiger partial charge in [-0.3, -0.25) is 14.8 Å². The van der Waals surface area contributed by atoms with E-state index in [0.717, 1.165) is 30.3 Å². The van der Waals surface area contributed by atoms with Gasteiger partial charge in [-0.15, -0.1) is 0 Å². The number of benzene rings is 3. The van der Waals surface area contributed by atoms with Gasteiger partial charge in [-0.25, -0.2) is 0 Å². The molecular weight excluding hydrogens is 368 g/mol. The summed E-state index contributed by atoms with van der Waals surface area (Å²) in [5.74, 6) is 0.0608. The van der Waals surface area contributed by atoms with E-state index >= 15 is 0 Å². The Kier molecular flexibility index (Phi) is 3.88. The Labute approximate surface area is 174 Å². The number of carbonyl (C=O) groups excluding carboxylic acids is 1. The molecule has 3 heteroatoms. The quantitative estimate of drug-likeness (QED) is 0.490. The summed E-state index contributed by atoms with van der Waals surface area (Å²) in [6, 6.07) is 18.7. The molecular formula is C27H20N2O. The SMILES string of the molecule is O=C(c1ccc2nccnc2c1)C1C=c2c(ccc3c2=CCc2ccccc2-3)CC1. The Morgan fingerprint density at radius 2 is 1.70 bits per heavy atom. The first-order valence-electron chi connectivity index (χ1n) is 10.5. The molecule has 0 amide bonds. The molecule has 2 aliphatic rings. The van der Waals surface area contributed by atoms with Crippen LogP contribution in [-0.2, 0) is 12.8 Å². The average Bonchev–Trinajstić information content (AvgIpc) is 2.82. The normalized spacial score (nSPS) is 16.6. The number of carbonyl (C=O) groups is 1. The molecule has 4 aromatic rings. The maximum Gasteiger partial charge on any atom is 0.169 e. The average molecular weight is 388 g/mol. The topological polar surface area (TPSA) is 42.9 Å². The molecule has 1 aromatic heterocycles. The summed E-state index contributed by atoms with van der Waals surface area (Å²) in [5, 5.41) is 2.53. The highest BCUT2D eigenvalue weighted by molar-refractivity contribution is 6.03. The van der Waals surface area contributed by atoms with Crippen molar-refractivity contribution in [3.63, 3.8) is 0 Å². The van der Waals surface area contributed by atoms with Gasteiger partial charge in [0.2, 0.25) is 0 Å². The molecule has 144 valence electrons.